The third-order valence-corrected chi connectivity index (χ3v) is 4.82. The van der Waals surface area contributed by atoms with Gasteiger partial charge in [-0.3, -0.25) is 4.79 Å². The van der Waals surface area contributed by atoms with Gasteiger partial charge in [0.25, 0.3) is 0 Å². The first-order chi connectivity index (χ1) is 10.6. The van der Waals surface area contributed by atoms with Crippen LogP contribution >= 0.6 is 0 Å². The fraction of sp³-hybridized carbons (Fsp3) is 0.438. The summed E-state index contributed by atoms with van der Waals surface area (Å²) in [4.78, 5) is 23.3. The number of aliphatic carboxylic acids is 1. The molecule has 0 amide bonds. The van der Waals surface area contributed by atoms with Crippen molar-refractivity contribution in [1.29, 1.82) is 0 Å². The van der Waals surface area contributed by atoms with Gasteiger partial charge in [-0.2, -0.15) is 0 Å². The van der Waals surface area contributed by atoms with Crippen LogP contribution in [0.25, 0.3) is 22.1 Å². The van der Waals surface area contributed by atoms with Crippen LogP contribution in [0.4, 0.5) is 0 Å². The summed E-state index contributed by atoms with van der Waals surface area (Å²) in [7, 11) is 0. The number of nitrogens with zero attached hydrogens (tertiary/aromatic N) is 3. The minimum Gasteiger partial charge on any atom is -0.481 e. The van der Waals surface area contributed by atoms with Gasteiger partial charge in [0, 0.05) is 17.6 Å². The molecule has 0 bridgehead atoms. The number of rotatable bonds is 2. The fourth-order valence-corrected chi connectivity index (χ4v) is 3.74. The van der Waals surface area contributed by atoms with Crippen LogP contribution in [0.1, 0.15) is 37.5 Å². The van der Waals surface area contributed by atoms with E-state index in [1.165, 1.54) is 0 Å². The van der Waals surface area contributed by atoms with E-state index in [0.29, 0.717) is 6.04 Å². The first-order valence-electron chi connectivity index (χ1n) is 7.68. The average molecular weight is 298 g/mol. The van der Waals surface area contributed by atoms with Gasteiger partial charge in [-0.1, -0.05) is 0 Å². The third-order valence-electron chi connectivity index (χ3n) is 4.82. The lowest BCUT2D eigenvalue weighted by molar-refractivity contribution is -0.143. The van der Waals surface area contributed by atoms with E-state index in [-0.39, 0.29) is 5.92 Å². The first-order valence-corrected chi connectivity index (χ1v) is 7.68. The number of fused-ring (bicyclic) bond motifs is 3. The molecule has 1 aliphatic rings. The van der Waals surface area contributed by atoms with Gasteiger partial charge in [0.05, 0.1) is 17.6 Å². The van der Waals surface area contributed by atoms with Crippen molar-refractivity contribution in [3.63, 3.8) is 0 Å². The molecule has 22 heavy (non-hydrogen) atoms. The minimum atomic E-state index is -0.664. The van der Waals surface area contributed by atoms with Gasteiger partial charge in [0.1, 0.15) is 17.0 Å². The van der Waals surface area contributed by atoms with Crippen molar-refractivity contribution in [2.45, 2.75) is 38.6 Å². The standard InChI is InChI=1S/C16H18N4O2/c1-9-19-13-8-18-15-12(6-7-17-15)14(13)20(9)11-4-2-10(3-5-11)16(21)22/h6-8,10-11H,2-5H2,1H3,(H,17,18)(H,21,22)/t10-,11+. The summed E-state index contributed by atoms with van der Waals surface area (Å²) in [6.07, 6.45) is 6.95. The summed E-state index contributed by atoms with van der Waals surface area (Å²) < 4.78 is 2.28. The van der Waals surface area contributed by atoms with Crippen molar-refractivity contribution in [1.82, 2.24) is 19.5 Å². The molecule has 1 aliphatic carbocycles. The maximum atomic E-state index is 11.1. The first kappa shape index (κ1) is 13.3. The number of hydrogen-bond acceptors (Lipinski definition) is 3. The Labute approximate surface area is 127 Å². The topological polar surface area (TPSA) is 83.8 Å². The molecule has 4 rings (SSSR count). The molecule has 3 aromatic rings. The molecule has 0 spiro atoms. The average Bonchev–Trinajstić information content (AvgIpc) is 3.10. The van der Waals surface area contributed by atoms with Crippen LogP contribution in [0.3, 0.4) is 0 Å². The van der Waals surface area contributed by atoms with E-state index in [4.69, 9.17) is 5.11 Å². The molecule has 6 nitrogen and oxygen atoms in total. The zero-order chi connectivity index (χ0) is 15.3. The van der Waals surface area contributed by atoms with Crippen LogP contribution in [0.2, 0.25) is 0 Å². The van der Waals surface area contributed by atoms with E-state index in [1.54, 1.807) is 6.20 Å². The normalized spacial score (nSPS) is 22.4. The summed E-state index contributed by atoms with van der Waals surface area (Å²) >= 11 is 0. The summed E-state index contributed by atoms with van der Waals surface area (Å²) in [6.45, 7) is 2.02. The summed E-state index contributed by atoms with van der Waals surface area (Å²) in [5, 5.41) is 10.2. The number of hydrogen-bond donors (Lipinski definition) is 2. The number of aromatic amines is 1. The third kappa shape index (κ3) is 1.90. The van der Waals surface area contributed by atoms with Crippen LogP contribution in [0, 0.1) is 12.8 Å². The number of aryl methyl sites for hydroxylation is 1. The summed E-state index contributed by atoms with van der Waals surface area (Å²) in [5.41, 5.74) is 2.89. The van der Waals surface area contributed by atoms with Gasteiger partial charge < -0.3 is 14.7 Å². The second-order valence-corrected chi connectivity index (χ2v) is 6.10. The Balaban J connectivity index is 1.80. The molecule has 0 atom stereocenters. The summed E-state index contributed by atoms with van der Waals surface area (Å²) in [6, 6.07) is 2.35. The highest BCUT2D eigenvalue weighted by atomic mass is 16.4. The number of H-pyrrole nitrogens is 1. The van der Waals surface area contributed by atoms with Gasteiger partial charge >= 0.3 is 5.97 Å². The number of carboxylic acid groups (broad SMARTS) is 1. The molecule has 2 N–H and O–H groups in total. The molecule has 3 heterocycles. The quantitative estimate of drug-likeness (QED) is 0.761. The highest BCUT2D eigenvalue weighted by Crippen LogP contribution is 2.36. The lowest BCUT2D eigenvalue weighted by atomic mass is 9.86. The highest BCUT2D eigenvalue weighted by molar-refractivity contribution is 6.01. The number of carboxylic acids is 1. The molecule has 6 heteroatoms. The predicted octanol–water partition coefficient (Wildman–Crippen LogP) is 3.04. The number of aromatic nitrogens is 4. The Morgan fingerprint density at radius 1 is 1.36 bits per heavy atom. The van der Waals surface area contributed by atoms with E-state index in [2.05, 4.69) is 19.5 Å². The second kappa shape index (κ2) is 4.83. The van der Waals surface area contributed by atoms with Crippen LogP contribution in [0.5, 0.6) is 0 Å². The number of imidazole rings is 1. The van der Waals surface area contributed by atoms with Gasteiger partial charge in [0.2, 0.25) is 0 Å². The smallest absolute Gasteiger partial charge is 0.306 e. The number of nitrogens with one attached hydrogen (secondary N) is 1. The molecule has 0 radical (unpaired) electrons. The lowest BCUT2D eigenvalue weighted by Crippen LogP contribution is -2.23. The van der Waals surface area contributed by atoms with Crippen LogP contribution in [-0.4, -0.2) is 30.6 Å². The van der Waals surface area contributed by atoms with Crippen molar-refractivity contribution in [2.75, 3.05) is 0 Å². The monoisotopic (exact) mass is 298 g/mol. The van der Waals surface area contributed by atoms with Gasteiger partial charge in [-0.15, -0.1) is 0 Å². The molecule has 0 saturated heterocycles. The molecule has 0 unspecified atom stereocenters. The molecule has 114 valence electrons. The molecule has 1 fully saturated rings. The molecule has 0 aliphatic heterocycles. The number of pyridine rings is 1. The highest BCUT2D eigenvalue weighted by Gasteiger charge is 2.28. The van der Waals surface area contributed by atoms with Crippen molar-refractivity contribution in [3.05, 3.63) is 24.3 Å². The van der Waals surface area contributed by atoms with E-state index >= 15 is 0 Å². The summed E-state index contributed by atoms with van der Waals surface area (Å²) in [5.74, 6) is 0.118. The van der Waals surface area contributed by atoms with Crippen molar-refractivity contribution >= 4 is 28.0 Å². The zero-order valence-electron chi connectivity index (χ0n) is 12.4. The predicted molar refractivity (Wildman–Crippen MR) is 82.8 cm³/mol. The fourth-order valence-electron chi connectivity index (χ4n) is 3.74. The Kier molecular flexibility index (Phi) is 2.92. The lowest BCUT2D eigenvalue weighted by Gasteiger charge is -2.28. The van der Waals surface area contributed by atoms with Crippen LogP contribution in [-0.2, 0) is 4.79 Å². The van der Waals surface area contributed by atoms with E-state index in [1.807, 2.05) is 19.2 Å². The van der Waals surface area contributed by atoms with E-state index < -0.39 is 5.97 Å². The van der Waals surface area contributed by atoms with Crippen LogP contribution in [0.15, 0.2) is 18.5 Å². The van der Waals surface area contributed by atoms with E-state index in [9.17, 15) is 4.79 Å². The second-order valence-electron chi connectivity index (χ2n) is 6.10. The Morgan fingerprint density at radius 2 is 2.14 bits per heavy atom. The molecule has 1 saturated carbocycles. The number of carbonyl (C=O) groups is 1. The van der Waals surface area contributed by atoms with E-state index in [0.717, 1.165) is 53.6 Å². The molecular weight excluding hydrogens is 280 g/mol. The Morgan fingerprint density at radius 3 is 2.86 bits per heavy atom. The Hall–Kier alpha value is -2.37. The van der Waals surface area contributed by atoms with Gasteiger partial charge in [0.15, 0.2) is 0 Å². The van der Waals surface area contributed by atoms with Gasteiger partial charge in [-0.05, 0) is 38.7 Å². The van der Waals surface area contributed by atoms with Crippen molar-refractivity contribution < 1.29 is 9.90 Å². The maximum Gasteiger partial charge on any atom is 0.306 e. The largest absolute Gasteiger partial charge is 0.481 e. The molecule has 0 aromatic carbocycles. The maximum absolute atomic E-state index is 11.1. The van der Waals surface area contributed by atoms with Gasteiger partial charge in [-0.25, -0.2) is 9.97 Å². The van der Waals surface area contributed by atoms with Crippen molar-refractivity contribution in [3.8, 4) is 0 Å². The van der Waals surface area contributed by atoms with Crippen molar-refractivity contribution in [2.24, 2.45) is 5.92 Å². The Bertz CT molecular complexity index is 856. The molecular formula is C16H18N4O2. The minimum absolute atomic E-state index is 0.194. The zero-order valence-corrected chi connectivity index (χ0v) is 12.4. The SMILES string of the molecule is Cc1nc2cnc3[nH]ccc3c2n1[C@H]1CC[C@@H](C(=O)O)CC1. The molecule has 3 aromatic heterocycles. The van der Waals surface area contributed by atoms with Crippen LogP contribution < -0.4 is 0 Å².